The molecular formula is C17H15NO2. The lowest BCUT2D eigenvalue weighted by Gasteiger charge is -2.23. The first-order chi connectivity index (χ1) is 9.84. The number of nitrogens with one attached hydrogen (secondary N) is 1. The molecule has 3 rings (SSSR count). The van der Waals surface area contributed by atoms with Crippen molar-refractivity contribution in [2.75, 3.05) is 5.32 Å². The minimum atomic E-state index is -0.308. The van der Waals surface area contributed by atoms with Gasteiger partial charge >= 0.3 is 5.97 Å². The number of hydrogen-bond acceptors (Lipinski definition) is 3. The third kappa shape index (κ3) is 2.57. The van der Waals surface area contributed by atoms with Crippen molar-refractivity contribution in [2.24, 2.45) is 5.92 Å². The summed E-state index contributed by atoms with van der Waals surface area (Å²) in [5.41, 5.74) is 2.04. The molecule has 0 radical (unpaired) electrons. The summed E-state index contributed by atoms with van der Waals surface area (Å²) in [6.07, 6.45) is 3.27. The van der Waals surface area contributed by atoms with Gasteiger partial charge in [-0.1, -0.05) is 48.5 Å². The van der Waals surface area contributed by atoms with Crippen LogP contribution in [0.4, 0.5) is 5.69 Å². The monoisotopic (exact) mass is 265 g/mol. The zero-order valence-corrected chi connectivity index (χ0v) is 10.9. The Morgan fingerprint density at radius 3 is 2.20 bits per heavy atom. The average Bonchev–Trinajstić information content (AvgIpc) is 2.93. The van der Waals surface area contributed by atoms with E-state index in [2.05, 4.69) is 5.32 Å². The Labute approximate surface area is 117 Å². The van der Waals surface area contributed by atoms with Gasteiger partial charge in [0.2, 0.25) is 0 Å². The Balaban J connectivity index is 1.91. The van der Waals surface area contributed by atoms with Crippen molar-refractivity contribution < 1.29 is 9.53 Å². The quantitative estimate of drug-likeness (QED) is 0.859. The molecule has 0 fully saturated rings. The number of carbonyl (C=O) groups excluding carboxylic acids is 1. The van der Waals surface area contributed by atoms with Gasteiger partial charge in [-0.05, 0) is 23.8 Å². The molecule has 0 unspecified atom stereocenters. The highest BCUT2D eigenvalue weighted by Crippen LogP contribution is 2.31. The predicted molar refractivity (Wildman–Crippen MR) is 78.0 cm³/mol. The van der Waals surface area contributed by atoms with Crippen LogP contribution in [0.2, 0.25) is 0 Å². The van der Waals surface area contributed by atoms with Crippen LogP contribution in [0.1, 0.15) is 11.6 Å². The number of carbonyl (C=O) groups is 1. The second-order valence-corrected chi connectivity index (χ2v) is 4.69. The molecule has 0 saturated carbocycles. The van der Waals surface area contributed by atoms with Crippen LogP contribution in [0.15, 0.2) is 73.0 Å². The lowest BCUT2D eigenvalue weighted by atomic mass is 9.93. The summed E-state index contributed by atoms with van der Waals surface area (Å²) < 4.78 is 4.95. The van der Waals surface area contributed by atoms with Crippen molar-refractivity contribution in [3.05, 3.63) is 78.6 Å². The first-order valence-electron chi connectivity index (χ1n) is 6.58. The smallest absolute Gasteiger partial charge is 0.320 e. The number of esters is 1. The van der Waals surface area contributed by atoms with Crippen molar-refractivity contribution in [2.45, 2.75) is 6.04 Å². The second-order valence-electron chi connectivity index (χ2n) is 4.69. The Hall–Kier alpha value is -2.55. The highest BCUT2D eigenvalue weighted by molar-refractivity contribution is 5.79. The van der Waals surface area contributed by atoms with Gasteiger partial charge in [-0.2, -0.15) is 0 Å². The van der Waals surface area contributed by atoms with Gasteiger partial charge in [0.25, 0.3) is 0 Å². The first-order valence-corrected chi connectivity index (χ1v) is 6.58. The summed E-state index contributed by atoms with van der Waals surface area (Å²) >= 11 is 0. The van der Waals surface area contributed by atoms with Gasteiger partial charge in [-0.25, -0.2) is 0 Å². The molecule has 0 amide bonds. The fourth-order valence-electron chi connectivity index (χ4n) is 2.35. The molecule has 2 aromatic carbocycles. The van der Waals surface area contributed by atoms with Gasteiger partial charge in [0.1, 0.15) is 5.92 Å². The summed E-state index contributed by atoms with van der Waals surface area (Å²) in [6, 6.07) is 19.7. The zero-order chi connectivity index (χ0) is 13.8. The highest BCUT2D eigenvalue weighted by Gasteiger charge is 2.31. The van der Waals surface area contributed by atoms with E-state index in [4.69, 9.17) is 4.74 Å². The van der Waals surface area contributed by atoms with Gasteiger partial charge in [0, 0.05) is 5.69 Å². The van der Waals surface area contributed by atoms with Gasteiger partial charge in [-0.3, -0.25) is 4.79 Å². The molecule has 0 bridgehead atoms. The van der Waals surface area contributed by atoms with Crippen LogP contribution in [0.25, 0.3) is 0 Å². The minimum Gasteiger partial charge on any atom is -0.434 e. The van der Waals surface area contributed by atoms with Crippen LogP contribution in [-0.4, -0.2) is 5.97 Å². The molecule has 100 valence electrons. The van der Waals surface area contributed by atoms with E-state index in [1.807, 2.05) is 60.7 Å². The number of rotatable bonds is 4. The van der Waals surface area contributed by atoms with E-state index in [9.17, 15) is 4.79 Å². The third-order valence-corrected chi connectivity index (χ3v) is 3.36. The van der Waals surface area contributed by atoms with Crippen LogP contribution in [0.3, 0.4) is 0 Å². The van der Waals surface area contributed by atoms with E-state index in [1.165, 1.54) is 6.26 Å². The van der Waals surface area contributed by atoms with E-state index in [0.29, 0.717) is 0 Å². The second kappa shape index (κ2) is 5.61. The summed E-state index contributed by atoms with van der Waals surface area (Å²) in [4.78, 5) is 11.9. The molecule has 0 aliphatic carbocycles. The lowest BCUT2D eigenvalue weighted by Crippen LogP contribution is -2.24. The molecule has 1 aliphatic rings. The van der Waals surface area contributed by atoms with E-state index in [-0.39, 0.29) is 17.9 Å². The van der Waals surface area contributed by atoms with Gasteiger partial charge in [0.05, 0.1) is 12.3 Å². The molecule has 0 spiro atoms. The van der Waals surface area contributed by atoms with Crippen molar-refractivity contribution in [1.29, 1.82) is 0 Å². The van der Waals surface area contributed by atoms with E-state index < -0.39 is 0 Å². The number of benzene rings is 2. The molecule has 2 atom stereocenters. The molecule has 3 nitrogen and oxygen atoms in total. The fraction of sp³-hybridized carbons (Fsp3) is 0.118. The molecule has 1 N–H and O–H groups in total. The van der Waals surface area contributed by atoms with Gasteiger partial charge < -0.3 is 10.1 Å². The summed E-state index contributed by atoms with van der Waals surface area (Å²) in [5, 5.41) is 3.42. The van der Waals surface area contributed by atoms with E-state index in [0.717, 1.165) is 11.3 Å². The van der Waals surface area contributed by atoms with E-state index in [1.54, 1.807) is 6.08 Å². The van der Waals surface area contributed by atoms with Crippen molar-refractivity contribution >= 4 is 11.7 Å². The topological polar surface area (TPSA) is 38.3 Å². The maximum atomic E-state index is 11.9. The molecule has 20 heavy (non-hydrogen) atoms. The summed E-state index contributed by atoms with van der Waals surface area (Å²) in [7, 11) is 0. The average molecular weight is 265 g/mol. The van der Waals surface area contributed by atoms with Crippen LogP contribution in [-0.2, 0) is 9.53 Å². The molecule has 0 saturated heterocycles. The number of para-hydroxylation sites is 1. The molecule has 2 aromatic rings. The molecule has 1 aliphatic heterocycles. The number of anilines is 1. The molecule has 3 heteroatoms. The Morgan fingerprint density at radius 1 is 0.950 bits per heavy atom. The van der Waals surface area contributed by atoms with Crippen LogP contribution < -0.4 is 5.32 Å². The predicted octanol–water partition coefficient (Wildman–Crippen LogP) is 3.53. The van der Waals surface area contributed by atoms with Crippen molar-refractivity contribution in [3.8, 4) is 0 Å². The van der Waals surface area contributed by atoms with E-state index >= 15 is 0 Å². The molecule has 0 aromatic heterocycles. The number of hydrogen-bond donors (Lipinski definition) is 1. The standard InChI is InChI=1S/C17H15NO2/c19-17-15(11-12-20-17)16(13-7-3-1-4-8-13)18-14-9-5-2-6-10-14/h1-12,15-16,18H/t15-,16-/m1/s1. The van der Waals surface area contributed by atoms with Gasteiger partial charge in [-0.15, -0.1) is 0 Å². The minimum absolute atomic E-state index is 0.134. The molecular weight excluding hydrogens is 250 g/mol. The Morgan fingerprint density at radius 2 is 1.60 bits per heavy atom. The van der Waals surface area contributed by atoms with Gasteiger partial charge in [0.15, 0.2) is 0 Å². The van der Waals surface area contributed by atoms with Crippen LogP contribution in [0, 0.1) is 5.92 Å². The van der Waals surface area contributed by atoms with Crippen LogP contribution in [0.5, 0.6) is 0 Å². The fourth-order valence-corrected chi connectivity index (χ4v) is 2.35. The number of cyclic esters (lactones) is 1. The summed E-state index contributed by atoms with van der Waals surface area (Å²) in [6.45, 7) is 0. The zero-order valence-electron chi connectivity index (χ0n) is 10.9. The maximum Gasteiger partial charge on any atom is 0.320 e. The SMILES string of the molecule is O=C1OC=C[C@@H]1[C@H](Nc1ccccc1)c1ccccc1. The highest BCUT2D eigenvalue weighted by atomic mass is 16.5. The third-order valence-electron chi connectivity index (χ3n) is 3.36. The molecule has 1 heterocycles. The Kier molecular flexibility index (Phi) is 3.50. The summed E-state index contributed by atoms with van der Waals surface area (Å²) in [5.74, 6) is -0.528. The van der Waals surface area contributed by atoms with Crippen molar-refractivity contribution in [1.82, 2.24) is 0 Å². The Bertz CT molecular complexity index is 607. The number of ether oxygens (including phenoxy) is 1. The maximum absolute atomic E-state index is 11.9. The van der Waals surface area contributed by atoms with Crippen molar-refractivity contribution in [3.63, 3.8) is 0 Å². The van der Waals surface area contributed by atoms with Crippen LogP contribution >= 0.6 is 0 Å². The lowest BCUT2D eigenvalue weighted by molar-refractivity contribution is -0.139. The normalized spacial score (nSPS) is 18.6. The largest absolute Gasteiger partial charge is 0.434 e. The first kappa shape index (κ1) is 12.5.